The highest BCUT2D eigenvalue weighted by Gasteiger charge is 2.17. The van der Waals surface area contributed by atoms with E-state index >= 15 is 0 Å². The first-order valence-corrected chi connectivity index (χ1v) is 10.6. The van der Waals surface area contributed by atoms with Crippen molar-refractivity contribution in [3.63, 3.8) is 0 Å². The van der Waals surface area contributed by atoms with Gasteiger partial charge in [-0.25, -0.2) is 13.1 Å². The molecule has 0 fully saturated rings. The first-order chi connectivity index (χ1) is 14.8. The van der Waals surface area contributed by atoms with E-state index in [-0.39, 0.29) is 42.4 Å². The summed E-state index contributed by atoms with van der Waals surface area (Å²) >= 11 is 0. The number of aromatic nitrogens is 3. The largest absolute Gasteiger partial charge is 0.355 e. The van der Waals surface area contributed by atoms with Crippen molar-refractivity contribution in [1.82, 2.24) is 25.2 Å². The number of hydrogen-bond donors (Lipinski definition) is 2. The molecule has 1 aromatic carbocycles. The van der Waals surface area contributed by atoms with Gasteiger partial charge in [0.15, 0.2) is 0 Å². The Labute approximate surface area is 176 Å². The van der Waals surface area contributed by atoms with Crippen LogP contribution in [0.25, 0.3) is 11.4 Å². The first kappa shape index (κ1) is 22.0. The average molecular weight is 446 g/mol. The lowest BCUT2D eigenvalue weighted by atomic mass is 10.2. The highest BCUT2D eigenvalue weighted by atomic mass is 32.2. The fraction of sp³-hybridized carbons (Fsp3) is 0.222. The van der Waals surface area contributed by atoms with E-state index in [2.05, 4.69) is 25.2 Å². The van der Waals surface area contributed by atoms with Crippen LogP contribution in [0.5, 0.6) is 0 Å². The Morgan fingerprint density at radius 1 is 1.16 bits per heavy atom. The number of carbonyl (C=O) groups excluding carboxylic acids is 1. The lowest BCUT2D eigenvalue weighted by Crippen LogP contribution is -2.34. The Morgan fingerprint density at radius 2 is 1.94 bits per heavy atom. The molecule has 0 unspecified atom stereocenters. The molecule has 3 aromatic rings. The third-order valence-corrected chi connectivity index (χ3v) is 5.51. The number of amides is 1. The van der Waals surface area contributed by atoms with Gasteiger partial charge < -0.3 is 9.84 Å². The topological polar surface area (TPSA) is 170 Å². The zero-order chi connectivity index (χ0) is 22.3. The number of nitrogens with one attached hydrogen (secondary N) is 2. The number of nitro groups is 1. The van der Waals surface area contributed by atoms with Crippen LogP contribution in [0.2, 0.25) is 0 Å². The van der Waals surface area contributed by atoms with Crippen LogP contribution in [-0.4, -0.2) is 47.5 Å². The zero-order valence-corrected chi connectivity index (χ0v) is 16.9. The van der Waals surface area contributed by atoms with Crippen molar-refractivity contribution in [2.75, 3.05) is 13.1 Å². The SMILES string of the molecule is O=C(CCc1nc(-c2ccncc2)no1)NCCNS(=O)(=O)c1cccc([N+](=O)[O-])c1. The van der Waals surface area contributed by atoms with Crippen molar-refractivity contribution in [3.8, 4) is 11.4 Å². The van der Waals surface area contributed by atoms with Crippen LogP contribution in [0, 0.1) is 10.1 Å². The number of benzene rings is 1. The molecule has 2 N–H and O–H groups in total. The molecule has 0 radical (unpaired) electrons. The second-order valence-electron chi connectivity index (χ2n) is 6.25. The summed E-state index contributed by atoms with van der Waals surface area (Å²) in [6, 6.07) is 8.16. The maximum atomic E-state index is 12.2. The molecule has 0 bridgehead atoms. The van der Waals surface area contributed by atoms with Gasteiger partial charge in [0.25, 0.3) is 5.69 Å². The van der Waals surface area contributed by atoms with Gasteiger partial charge in [-0.1, -0.05) is 11.2 Å². The maximum absolute atomic E-state index is 12.2. The lowest BCUT2D eigenvalue weighted by molar-refractivity contribution is -0.385. The van der Waals surface area contributed by atoms with Crippen molar-refractivity contribution in [2.45, 2.75) is 17.7 Å². The predicted molar refractivity (Wildman–Crippen MR) is 107 cm³/mol. The summed E-state index contributed by atoms with van der Waals surface area (Å²) in [6.07, 6.45) is 3.51. The van der Waals surface area contributed by atoms with Crippen molar-refractivity contribution in [2.24, 2.45) is 0 Å². The molecular formula is C18H18N6O6S. The van der Waals surface area contributed by atoms with Gasteiger partial charge >= 0.3 is 0 Å². The summed E-state index contributed by atoms with van der Waals surface area (Å²) in [5.74, 6) is 0.375. The Balaban J connectivity index is 1.42. The second kappa shape index (κ2) is 9.86. The molecule has 2 aromatic heterocycles. The molecular weight excluding hydrogens is 428 g/mol. The Morgan fingerprint density at radius 3 is 2.68 bits per heavy atom. The molecule has 162 valence electrons. The lowest BCUT2D eigenvalue weighted by Gasteiger charge is -2.07. The van der Waals surface area contributed by atoms with Gasteiger partial charge in [-0.15, -0.1) is 0 Å². The molecule has 2 heterocycles. The summed E-state index contributed by atoms with van der Waals surface area (Å²) in [5.41, 5.74) is 0.412. The highest BCUT2D eigenvalue weighted by Crippen LogP contribution is 2.17. The number of nitro benzene ring substituents is 1. The molecule has 0 aliphatic heterocycles. The van der Waals surface area contributed by atoms with E-state index < -0.39 is 14.9 Å². The normalized spacial score (nSPS) is 11.2. The number of sulfonamides is 1. The molecule has 3 rings (SSSR count). The van der Waals surface area contributed by atoms with Crippen molar-refractivity contribution >= 4 is 21.6 Å². The van der Waals surface area contributed by atoms with Crippen LogP contribution in [0.3, 0.4) is 0 Å². The van der Waals surface area contributed by atoms with E-state index in [9.17, 15) is 23.3 Å². The van der Waals surface area contributed by atoms with Crippen LogP contribution in [-0.2, 0) is 21.2 Å². The third kappa shape index (κ3) is 6.13. The number of hydrogen-bond acceptors (Lipinski definition) is 9. The minimum Gasteiger partial charge on any atom is -0.355 e. The molecule has 0 aliphatic carbocycles. The fourth-order valence-electron chi connectivity index (χ4n) is 2.52. The first-order valence-electron chi connectivity index (χ1n) is 9.09. The van der Waals surface area contributed by atoms with E-state index in [0.717, 1.165) is 11.6 Å². The van der Waals surface area contributed by atoms with E-state index in [1.807, 2.05) is 0 Å². The molecule has 0 atom stereocenters. The van der Waals surface area contributed by atoms with E-state index in [0.29, 0.717) is 11.7 Å². The highest BCUT2D eigenvalue weighted by molar-refractivity contribution is 7.89. The standard InChI is InChI=1S/C18H18N6O6S/c25-16(4-5-17-22-18(23-30-17)13-6-8-19-9-7-13)20-10-11-21-31(28,29)15-3-1-2-14(12-15)24(26)27/h1-3,6-9,12,21H,4-5,10-11H2,(H,20,25). The Kier molecular flexibility index (Phi) is 6.99. The summed E-state index contributed by atoms with van der Waals surface area (Å²) in [5, 5.41) is 17.2. The van der Waals surface area contributed by atoms with E-state index in [1.165, 1.54) is 18.2 Å². The minimum atomic E-state index is -3.94. The number of rotatable bonds is 10. The monoisotopic (exact) mass is 446 g/mol. The fourth-order valence-corrected chi connectivity index (χ4v) is 3.59. The second-order valence-corrected chi connectivity index (χ2v) is 8.02. The molecule has 12 nitrogen and oxygen atoms in total. The number of carbonyl (C=O) groups is 1. The van der Waals surface area contributed by atoms with Crippen LogP contribution in [0.15, 0.2) is 58.2 Å². The number of nitrogens with zero attached hydrogens (tertiary/aromatic N) is 4. The smallest absolute Gasteiger partial charge is 0.270 e. The molecule has 13 heteroatoms. The number of aryl methyl sites for hydroxylation is 1. The number of pyridine rings is 1. The molecule has 31 heavy (non-hydrogen) atoms. The molecule has 0 aliphatic rings. The van der Waals surface area contributed by atoms with Crippen LogP contribution >= 0.6 is 0 Å². The predicted octanol–water partition coefficient (Wildman–Crippen LogP) is 1.07. The van der Waals surface area contributed by atoms with Gasteiger partial charge in [-0.2, -0.15) is 4.98 Å². The molecule has 0 saturated carbocycles. The van der Waals surface area contributed by atoms with Crippen molar-refractivity contribution in [3.05, 3.63) is 64.8 Å². The van der Waals surface area contributed by atoms with E-state index in [4.69, 9.17) is 4.52 Å². The summed E-state index contributed by atoms with van der Waals surface area (Å²) in [6.45, 7) is -0.0391. The van der Waals surface area contributed by atoms with Crippen LogP contribution < -0.4 is 10.0 Å². The van der Waals surface area contributed by atoms with Crippen molar-refractivity contribution in [1.29, 1.82) is 0 Å². The van der Waals surface area contributed by atoms with Gasteiger partial charge in [-0.3, -0.25) is 19.9 Å². The van der Waals surface area contributed by atoms with Crippen molar-refractivity contribution < 1.29 is 22.7 Å². The van der Waals surface area contributed by atoms with Gasteiger partial charge in [0, 0.05) is 56.0 Å². The molecule has 1 amide bonds. The summed E-state index contributed by atoms with van der Waals surface area (Å²) < 4.78 is 31.8. The van der Waals surface area contributed by atoms with Gasteiger partial charge in [-0.05, 0) is 18.2 Å². The average Bonchev–Trinajstić information content (AvgIpc) is 3.25. The minimum absolute atomic E-state index is 0.0408. The Bertz CT molecular complexity index is 1170. The molecule has 0 spiro atoms. The number of non-ortho nitro benzene ring substituents is 1. The third-order valence-electron chi connectivity index (χ3n) is 4.05. The van der Waals surface area contributed by atoms with E-state index in [1.54, 1.807) is 24.5 Å². The van der Waals surface area contributed by atoms with Gasteiger partial charge in [0.2, 0.25) is 27.6 Å². The van der Waals surface area contributed by atoms with Crippen LogP contribution in [0.1, 0.15) is 12.3 Å². The Hall–Kier alpha value is -3.71. The summed E-state index contributed by atoms with van der Waals surface area (Å²) in [4.78, 5) is 29.9. The summed E-state index contributed by atoms with van der Waals surface area (Å²) in [7, 11) is -3.94. The maximum Gasteiger partial charge on any atom is 0.270 e. The zero-order valence-electron chi connectivity index (χ0n) is 16.1. The quantitative estimate of drug-likeness (QED) is 0.262. The van der Waals surface area contributed by atoms with Crippen LogP contribution in [0.4, 0.5) is 5.69 Å². The van der Waals surface area contributed by atoms with Gasteiger partial charge in [0.05, 0.1) is 9.82 Å². The van der Waals surface area contributed by atoms with Gasteiger partial charge in [0.1, 0.15) is 0 Å². The molecule has 0 saturated heterocycles.